The van der Waals surface area contributed by atoms with Crippen molar-refractivity contribution < 1.29 is 4.74 Å². The van der Waals surface area contributed by atoms with Crippen molar-refractivity contribution in [1.82, 2.24) is 10.2 Å². The molecular weight excluding hydrogens is 260 g/mol. The molecule has 0 aromatic rings. The summed E-state index contributed by atoms with van der Waals surface area (Å²) in [6, 6.07) is 2.13. The second-order valence-corrected chi connectivity index (χ2v) is 7.53. The molecule has 2 aliphatic heterocycles. The summed E-state index contributed by atoms with van der Waals surface area (Å²) in [5, 5.41) is 3.67. The summed E-state index contributed by atoms with van der Waals surface area (Å²) in [5.41, 5.74) is 0.256. The smallest absolute Gasteiger partial charge is 0.0697 e. The molecule has 1 aliphatic carbocycles. The minimum atomic E-state index is 0.256. The van der Waals surface area contributed by atoms with Gasteiger partial charge in [-0.05, 0) is 58.5 Å². The van der Waals surface area contributed by atoms with E-state index < -0.39 is 0 Å². The van der Waals surface area contributed by atoms with Crippen molar-refractivity contribution in [3.63, 3.8) is 0 Å². The zero-order valence-corrected chi connectivity index (χ0v) is 14.1. The van der Waals surface area contributed by atoms with Gasteiger partial charge in [-0.3, -0.25) is 4.90 Å². The summed E-state index contributed by atoms with van der Waals surface area (Å²) in [5.74, 6) is 0. The number of piperidine rings is 1. The summed E-state index contributed by atoms with van der Waals surface area (Å²) in [6.07, 6.45) is 12.1. The number of hydrogen-bond donors (Lipinski definition) is 1. The molecule has 3 unspecified atom stereocenters. The standard InChI is InChI=1S/C18H34N2O/c1-3-19-15(2)17-8-4-7-12-20(17)16-9-13-21-18(14-16)10-5-6-11-18/h15-17,19H,3-14H2,1-2H3. The summed E-state index contributed by atoms with van der Waals surface area (Å²) in [4.78, 5) is 2.86. The van der Waals surface area contributed by atoms with Crippen LogP contribution in [0.2, 0.25) is 0 Å². The molecule has 0 bridgehead atoms. The fraction of sp³-hybridized carbons (Fsp3) is 1.00. The van der Waals surface area contributed by atoms with Crippen LogP contribution in [0, 0.1) is 0 Å². The maximum absolute atomic E-state index is 6.25. The van der Waals surface area contributed by atoms with Crippen LogP contribution in [-0.2, 0) is 4.74 Å². The highest BCUT2D eigenvalue weighted by Gasteiger charge is 2.43. The number of ether oxygens (including phenoxy) is 1. The van der Waals surface area contributed by atoms with Gasteiger partial charge in [-0.1, -0.05) is 26.2 Å². The third-order valence-electron chi connectivity index (χ3n) is 6.15. The van der Waals surface area contributed by atoms with Crippen molar-refractivity contribution in [2.45, 2.75) is 95.4 Å². The van der Waals surface area contributed by atoms with Gasteiger partial charge in [0.05, 0.1) is 5.60 Å². The molecular formula is C18H34N2O. The number of rotatable bonds is 4. The molecule has 3 atom stereocenters. The lowest BCUT2D eigenvalue weighted by molar-refractivity contribution is -0.111. The Balaban J connectivity index is 1.67. The van der Waals surface area contributed by atoms with Gasteiger partial charge in [-0.25, -0.2) is 0 Å². The van der Waals surface area contributed by atoms with Gasteiger partial charge < -0.3 is 10.1 Å². The molecule has 2 heterocycles. The summed E-state index contributed by atoms with van der Waals surface area (Å²) in [7, 11) is 0. The van der Waals surface area contributed by atoms with Crippen molar-refractivity contribution in [1.29, 1.82) is 0 Å². The van der Waals surface area contributed by atoms with E-state index in [0.29, 0.717) is 6.04 Å². The van der Waals surface area contributed by atoms with Crippen LogP contribution >= 0.6 is 0 Å². The van der Waals surface area contributed by atoms with Crippen molar-refractivity contribution in [2.75, 3.05) is 19.7 Å². The van der Waals surface area contributed by atoms with Gasteiger partial charge in [-0.2, -0.15) is 0 Å². The van der Waals surface area contributed by atoms with Crippen LogP contribution in [0.25, 0.3) is 0 Å². The van der Waals surface area contributed by atoms with Crippen molar-refractivity contribution in [3.05, 3.63) is 0 Å². The van der Waals surface area contributed by atoms with E-state index in [4.69, 9.17) is 4.74 Å². The molecule has 1 N–H and O–H groups in total. The van der Waals surface area contributed by atoms with Gasteiger partial charge in [0, 0.05) is 24.7 Å². The molecule has 21 heavy (non-hydrogen) atoms. The van der Waals surface area contributed by atoms with E-state index in [-0.39, 0.29) is 5.60 Å². The van der Waals surface area contributed by atoms with Crippen LogP contribution in [0.3, 0.4) is 0 Å². The Bertz CT molecular complexity index is 327. The van der Waals surface area contributed by atoms with Crippen LogP contribution in [0.4, 0.5) is 0 Å². The lowest BCUT2D eigenvalue weighted by Crippen LogP contribution is -2.57. The molecule has 0 aromatic heterocycles. The topological polar surface area (TPSA) is 24.5 Å². The Kier molecular flexibility index (Phi) is 5.23. The predicted molar refractivity (Wildman–Crippen MR) is 87.7 cm³/mol. The van der Waals surface area contributed by atoms with Crippen LogP contribution in [0.5, 0.6) is 0 Å². The van der Waals surface area contributed by atoms with Gasteiger partial charge >= 0.3 is 0 Å². The predicted octanol–water partition coefficient (Wildman–Crippen LogP) is 3.33. The Morgan fingerprint density at radius 3 is 2.76 bits per heavy atom. The number of likely N-dealkylation sites (N-methyl/N-ethyl adjacent to an activating group) is 1. The summed E-state index contributed by atoms with van der Waals surface area (Å²) in [6.45, 7) is 8.00. The quantitative estimate of drug-likeness (QED) is 0.861. The van der Waals surface area contributed by atoms with E-state index in [9.17, 15) is 0 Å². The minimum absolute atomic E-state index is 0.256. The summed E-state index contributed by atoms with van der Waals surface area (Å²) < 4.78 is 6.25. The van der Waals surface area contributed by atoms with Gasteiger partial charge in [0.2, 0.25) is 0 Å². The molecule has 1 saturated carbocycles. The first-order valence-electron chi connectivity index (χ1n) is 9.37. The first-order valence-corrected chi connectivity index (χ1v) is 9.37. The molecule has 3 fully saturated rings. The van der Waals surface area contributed by atoms with Gasteiger partial charge in [0.25, 0.3) is 0 Å². The highest BCUT2D eigenvalue weighted by Crippen LogP contribution is 2.42. The van der Waals surface area contributed by atoms with Crippen LogP contribution in [0.15, 0.2) is 0 Å². The maximum Gasteiger partial charge on any atom is 0.0697 e. The lowest BCUT2D eigenvalue weighted by atomic mass is 9.85. The van der Waals surface area contributed by atoms with E-state index in [0.717, 1.165) is 25.2 Å². The lowest BCUT2D eigenvalue weighted by Gasteiger charge is -2.49. The molecule has 3 aliphatic rings. The normalized spacial score (nSPS) is 35.1. The Morgan fingerprint density at radius 2 is 2.00 bits per heavy atom. The van der Waals surface area contributed by atoms with Gasteiger partial charge in [0.1, 0.15) is 0 Å². The van der Waals surface area contributed by atoms with E-state index in [2.05, 4.69) is 24.1 Å². The van der Waals surface area contributed by atoms with Crippen LogP contribution < -0.4 is 5.32 Å². The number of hydrogen-bond acceptors (Lipinski definition) is 3. The first kappa shape index (κ1) is 15.8. The highest BCUT2D eigenvalue weighted by atomic mass is 16.5. The molecule has 1 spiro atoms. The van der Waals surface area contributed by atoms with Gasteiger partial charge in [0.15, 0.2) is 0 Å². The Hall–Kier alpha value is -0.120. The SMILES string of the molecule is CCNC(C)C1CCCCN1C1CCOC2(CCCC2)C1. The summed E-state index contributed by atoms with van der Waals surface area (Å²) >= 11 is 0. The monoisotopic (exact) mass is 294 g/mol. The van der Waals surface area contributed by atoms with E-state index in [1.54, 1.807) is 0 Å². The molecule has 3 heteroatoms. The van der Waals surface area contributed by atoms with Crippen molar-refractivity contribution in [3.8, 4) is 0 Å². The van der Waals surface area contributed by atoms with Crippen LogP contribution in [-0.4, -0.2) is 48.3 Å². The minimum Gasteiger partial charge on any atom is -0.375 e. The molecule has 3 rings (SSSR count). The second kappa shape index (κ2) is 6.97. The molecule has 2 saturated heterocycles. The average Bonchev–Trinajstić information content (AvgIpc) is 2.95. The molecule has 0 radical (unpaired) electrons. The number of nitrogens with one attached hydrogen (secondary N) is 1. The van der Waals surface area contributed by atoms with Gasteiger partial charge in [-0.15, -0.1) is 0 Å². The maximum atomic E-state index is 6.25. The fourth-order valence-corrected chi connectivity index (χ4v) is 5.08. The molecule has 0 aromatic carbocycles. The zero-order valence-electron chi connectivity index (χ0n) is 14.1. The van der Waals surface area contributed by atoms with E-state index in [1.807, 2.05) is 0 Å². The Morgan fingerprint density at radius 1 is 1.19 bits per heavy atom. The van der Waals surface area contributed by atoms with Crippen molar-refractivity contribution in [2.24, 2.45) is 0 Å². The number of likely N-dealkylation sites (tertiary alicyclic amines) is 1. The third-order valence-corrected chi connectivity index (χ3v) is 6.15. The fourth-order valence-electron chi connectivity index (χ4n) is 5.08. The molecule has 122 valence electrons. The first-order chi connectivity index (χ1) is 10.2. The second-order valence-electron chi connectivity index (χ2n) is 7.53. The number of nitrogens with zero attached hydrogens (tertiary/aromatic N) is 1. The van der Waals surface area contributed by atoms with Crippen LogP contribution in [0.1, 0.15) is 71.6 Å². The highest BCUT2D eigenvalue weighted by molar-refractivity contribution is 4.97. The van der Waals surface area contributed by atoms with E-state index in [1.165, 1.54) is 64.3 Å². The zero-order chi connectivity index (χ0) is 14.7. The van der Waals surface area contributed by atoms with Crippen molar-refractivity contribution >= 4 is 0 Å². The Labute approximate surface area is 130 Å². The molecule has 3 nitrogen and oxygen atoms in total. The largest absolute Gasteiger partial charge is 0.375 e. The molecule has 0 amide bonds. The average molecular weight is 294 g/mol. The van der Waals surface area contributed by atoms with E-state index >= 15 is 0 Å². The third kappa shape index (κ3) is 3.46.